The lowest BCUT2D eigenvalue weighted by Gasteiger charge is -2.26. The maximum Gasteiger partial charge on any atom is 0.312 e. The molecule has 2 rings (SSSR count). The predicted molar refractivity (Wildman–Crippen MR) is 82.1 cm³/mol. The lowest BCUT2D eigenvalue weighted by molar-refractivity contribution is -0.386. The zero-order valence-corrected chi connectivity index (χ0v) is 13.5. The third kappa shape index (κ3) is 4.61. The molecule has 0 saturated carbocycles. The second-order valence-corrected chi connectivity index (χ2v) is 6.71. The van der Waals surface area contributed by atoms with E-state index in [1.54, 1.807) is 0 Å². The highest BCUT2D eigenvalue weighted by Gasteiger charge is 2.22. The Morgan fingerprint density at radius 1 is 1.39 bits per heavy atom. The van der Waals surface area contributed by atoms with Gasteiger partial charge in [0.05, 0.1) is 30.1 Å². The van der Waals surface area contributed by atoms with Crippen molar-refractivity contribution >= 4 is 15.7 Å². The Kier molecular flexibility index (Phi) is 5.88. The number of benzene rings is 1. The molecule has 1 aromatic rings. The van der Waals surface area contributed by atoms with E-state index in [9.17, 15) is 18.5 Å². The lowest BCUT2D eigenvalue weighted by atomic mass is 10.3. The molecule has 0 unspecified atom stereocenters. The molecule has 1 aliphatic heterocycles. The highest BCUT2D eigenvalue weighted by molar-refractivity contribution is 7.89. The van der Waals surface area contributed by atoms with Crippen molar-refractivity contribution in [3.8, 4) is 5.75 Å². The number of nitro groups is 1. The predicted octanol–water partition coefficient (Wildman–Crippen LogP) is 0.214. The summed E-state index contributed by atoms with van der Waals surface area (Å²) < 4.78 is 37.0. The Bertz CT molecular complexity index is 658. The summed E-state index contributed by atoms with van der Waals surface area (Å²) in [6.45, 7) is 3.57. The molecule has 0 bridgehead atoms. The molecule has 0 aliphatic carbocycles. The van der Waals surface area contributed by atoms with Crippen molar-refractivity contribution in [2.45, 2.75) is 4.90 Å². The minimum Gasteiger partial charge on any atom is -0.490 e. The van der Waals surface area contributed by atoms with Crippen molar-refractivity contribution in [2.75, 3.05) is 46.5 Å². The van der Waals surface area contributed by atoms with Crippen LogP contribution < -0.4 is 9.46 Å². The van der Waals surface area contributed by atoms with Crippen molar-refractivity contribution in [1.29, 1.82) is 0 Å². The van der Waals surface area contributed by atoms with E-state index in [-0.39, 0.29) is 22.9 Å². The van der Waals surface area contributed by atoms with E-state index in [0.29, 0.717) is 19.8 Å². The highest BCUT2D eigenvalue weighted by atomic mass is 32.2. The van der Waals surface area contributed by atoms with Crippen LogP contribution in [0.25, 0.3) is 0 Å². The second-order valence-electron chi connectivity index (χ2n) is 4.94. The first-order chi connectivity index (χ1) is 10.9. The minimum atomic E-state index is -3.81. The van der Waals surface area contributed by atoms with Gasteiger partial charge in [0, 0.05) is 32.2 Å². The van der Waals surface area contributed by atoms with E-state index in [1.165, 1.54) is 19.2 Å². The van der Waals surface area contributed by atoms with Crippen LogP contribution in [-0.4, -0.2) is 64.7 Å². The Morgan fingerprint density at radius 3 is 2.70 bits per heavy atom. The first-order valence-electron chi connectivity index (χ1n) is 7.06. The Labute approximate surface area is 134 Å². The summed E-state index contributed by atoms with van der Waals surface area (Å²) in [4.78, 5) is 12.2. The van der Waals surface area contributed by atoms with Crippen LogP contribution in [0.15, 0.2) is 23.1 Å². The molecule has 0 radical (unpaired) electrons. The van der Waals surface area contributed by atoms with Crippen molar-refractivity contribution < 1.29 is 22.8 Å². The van der Waals surface area contributed by atoms with Crippen LogP contribution in [0, 0.1) is 10.1 Å². The smallest absolute Gasteiger partial charge is 0.312 e. The van der Waals surface area contributed by atoms with Gasteiger partial charge >= 0.3 is 5.69 Å². The fraction of sp³-hybridized carbons (Fsp3) is 0.538. The number of methoxy groups -OCH3 is 1. The minimum absolute atomic E-state index is 0.0160. The molecule has 0 amide bonds. The Balaban J connectivity index is 2.03. The molecule has 23 heavy (non-hydrogen) atoms. The van der Waals surface area contributed by atoms with Crippen molar-refractivity contribution in [3.05, 3.63) is 28.3 Å². The van der Waals surface area contributed by atoms with Gasteiger partial charge in [-0.25, -0.2) is 13.1 Å². The topological polar surface area (TPSA) is 111 Å². The third-order valence-electron chi connectivity index (χ3n) is 3.48. The van der Waals surface area contributed by atoms with Crippen LogP contribution in [0.4, 0.5) is 5.69 Å². The average Bonchev–Trinajstić information content (AvgIpc) is 2.55. The molecule has 1 aromatic carbocycles. The molecular formula is C13H19N3O6S. The van der Waals surface area contributed by atoms with Gasteiger partial charge in [-0.2, -0.15) is 0 Å². The quantitative estimate of drug-likeness (QED) is 0.555. The number of ether oxygens (including phenoxy) is 2. The van der Waals surface area contributed by atoms with Crippen LogP contribution in [0.3, 0.4) is 0 Å². The summed E-state index contributed by atoms with van der Waals surface area (Å²) in [5.74, 6) is 0.0160. The van der Waals surface area contributed by atoms with Crippen molar-refractivity contribution in [2.24, 2.45) is 0 Å². The molecule has 1 fully saturated rings. The maximum atomic E-state index is 12.2. The van der Waals surface area contributed by atoms with Gasteiger partial charge in [-0.05, 0) is 12.1 Å². The number of nitrogens with one attached hydrogen (secondary N) is 1. The van der Waals surface area contributed by atoms with Crippen LogP contribution in [0.5, 0.6) is 5.75 Å². The number of sulfonamides is 1. The summed E-state index contributed by atoms with van der Waals surface area (Å²) >= 11 is 0. The molecule has 1 N–H and O–H groups in total. The van der Waals surface area contributed by atoms with E-state index in [4.69, 9.17) is 9.47 Å². The van der Waals surface area contributed by atoms with E-state index < -0.39 is 14.9 Å². The molecule has 10 heteroatoms. The monoisotopic (exact) mass is 345 g/mol. The summed E-state index contributed by atoms with van der Waals surface area (Å²) in [5.41, 5.74) is -0.386. The first-order valence-corrected chi connectivity index (χ1v) is 8.54. The summed E-state index contributed by atoms with van der Waals surface area (Å²) in [7, 11) is -2.52. The number of nitrogens with zero attached hydrogens (tertiary/aromatic N) is 2. The number of morpholine rings is 1. The van der Waals surface area contributed by atoms with E-state index in [2.05, 4.69) is 9.62 Å². The average molecular weight is 345 g/mol. The van der Waals surface area contributed by atoms with Crippen LogP contribution >= 0.6 is 0 Å². The molecule has 1 heterocycles. The van der Waals surface area contributed by atoms with Gasteiger partial charge in [0.15, 0.2) is 5.75 Å². The zero-order chi connectivity index (χ0) is 16.9. The largest absolute Gasteiger partial charge is 0.490 e. The third-order valence-corrected chi connectivity index (χ3v) is 4.94. The highest BCUT2D eigenvalue weighted by Crippen LogP contribution is 2.29. The zero-order valence-electron chi connectivity index (χ0n) is 12.7. The molecule has 1 saturated heterocycles. The van der Waals surface area contributed by atoms with Crippen LogP contribution in [-0.2, 0) is 14.8 Å². The molecule has 128 valence electrons. The van der Waals surface area contributed by atoms with Gasteiger partial charge < -0.3 is 9.47 Å². The SMILES string of the molecule is COc1ccc(S(=O)(=O)NCCN2CCOCC2)cc1[N+](=O)[O-]. The number of hydrogen-bond donors (Lipinski definition) is 1. The van der Waals surface area contributed by atoms with E-state index in [0.717, 1.165) is 19.2 Å². The molecular weight excluding hydrogens is 326 g/mol. The first kappa shape index (κ1) is 17.6. The summed E-state index contributed by atoms with van der Waals surface area (Å²) in [6, 6.07) is 3.55. The Hall–Kier alpha value is -1.75. The van der Waals surface area contributed by atoms with Crippen LogP contribution in [0.2, 0.25) is 0 Å². The van der Waals surface area contributed by atoms with E-state index in [1.807, 2.05) is 0 Å². The second kappa shape index (κ2) is 7.68. The number of rotatable bonds is 7. The van der Waals surface area contributed by atoms with Gasteiger partial charge in [0.25, 0.3) is 0 Å². The van der Waals surface area contributed by atoms with Gasteiger partial charge in [0.1, 0.15) is 0 Å². The normalized spacial score (nSPS) is 16.2. The summed E-state index contributed by atoms with van der Waals surface area (Å²) in [6.07, 6.45) is 0. The number of nitro benzene ring substituents is 1. The maximum absolute atomic E-state index is 12.2. The Morgan fingerprint density at radius 2 is 2.09 bits per heavy atom. The van der Waals surface area contributed by atoms with Gasteiger partial charge in [-0.3, -0.25) is 15.0 Å². The molecule has 0 aromatic heterocycles. The van der Waals surface area contributed by atoms with Crippen molar-refractivity contribution in [3.63, 3.8) is 0 Å². The molecule has 0 spiro atoms. The molecule has 9 nitrogen and oxygen atoms in total. The van der Waals surface area contributed by atoms with Crippen LogP contribution in [0.1, 0.15) is 0 Å². The molecule has 1 aliphatic rings. The standard InChI is InChI=1S/C13H19N3O6S/c1-21-13-3-2-11(10-12(13)16(17)18)23(19,20)14-4-5-15-6-8-22-9-7-15/h2-3,10,14H,4-9H2,1H3. The summed E-state index contributed by atoms with van der Waals surface area (Å²) in [5, 5.41) is 11.0. The van der Waals surface area contributed by atoms with Gasteiger partial charge in [-0.15, -0.1) is 0 Å². The lowest BCUT2D eigenvalue weighted by Crippen LogP contribution is -2.41. The van der Waals surface area contributed by atoms with E-state index >= 15 is 0 Å². The number of hydrogen-bond acceptors (Lipinski definition) is 7. The van der Waals surface area contributed by atoms with Crippen molar-refractivity contribution in [1.82, 2.24) is 9.62 Å². The van der Waals surface area contributed by atoms with Gasteiger partial charge in [-0.1, -0.05) is 0 Å². The fourth-order valence-corrected chi connectivity index (χ4v) is 3.27. The fourth-order valence-electron chi connectivity index (χ4n) is 2.23. The van der Waals surface area contributed by atoms with Gasteiger partial charge in [0.2, 0.25) is 10.0 Å². The molecule has 0 atom stereocenters.